The Kier molecular flexibility index (Phi) is 4.78. The fourth-order valence-corrected chi connectivity index (χ4v) is 1.78. The molecule has 16 heavy (non-hydrogen) atoms. The van der Waals surface area contributed by atoms with Crippen molar-refractivity contribution in [3.63, 3.8) is 0 Å². The van der Waals surface area contributed by atoms with Gasteiger partial charge in [-0.1, -0.05) is 0 Å². The molecule has 0 saturated carbocycles. The van der Waals surface area contributed by atoms with Gasteiger partial charge in [0.25, 0.3) is 10.1 Å². The lowest BCUT2D eigenvalue weighted by Gasteiger charge is -2.18. The van der Waals surface area contributed by atoms with Crippen molar-refractivity contribution < 1.29 is 27.2 Å². The van der Waals surface area contributed by atoms with Crippen molar-refractivity contribution >= 4 is 10.1 Å². The van der Waals surface area contributed by atoms with Gasteiger partial charge in [0, 0.05) is 7.11 Å². The molecule has 0 spiro atoms. The minimum Gasteiger partial charge on any atom is -0.466 e. The molecule has 1 rings (SSSR count). The molecule has 6 nitrogen and oxygen atoms in total. The van der Waals surface area contributed by atoms with Crippen molar-refractivity contribution in [2.24, 2.45) is 0 Å². The average Bonchev–Trinajstić information content (AvgIpc) is 2.24. The number of methoxy groups -OCH3 is 1. The smallest absolute Gasteiger partial charge is 0.264 e. The Labute approximate surface area is 94.2 Å². The monoisotopic (exact) mass is 250 g/mol. The topological polar surface area (TPSA) is 82.1 Å². The summed E-state index contributed by atoms with van der Waals surface area (Å²) in [6, 6.07) is 0. The molecule has 1 unspecified atom stereocenters. The third-order valence-electron chi connectivity index (χ3n) is 1.99. The predicted octanol–water partition coefficient (Wildman–Crippen LogP) is 1.03. The molecule has 1 heterocycles. The fraction of sp³-hybridized carbons (Fsp3) is 0.556. The van der Waals surface area contributed by atoms with Gasteiger partial charge in [0.2, 0.25) is 0 Å². The van der Waals surface area contributed by atoms with E-state index in [1.54, 1.807) is 0 Å². The Morgan fingerprint density at radius 2 is 2.25 bits per heavy atom. The summed E-state index contributed by atoms with van der Waals surface area (Å²) in [6.45, 7) is 0. The highest BCUT2D eigenvalue weighted by Gasteiger charge is 2.18. The average molecular weight is 250 g/mol. The highest BCUT2D eigenvalue weighted by Crippen LogP contribution is 2.17. The van der Waals surface area contributed by atoms with E-state index in [2.05, 4.69) is 0 Å². The highest BCUT2D eigenvalue weighted by atomic mass is 32.2. The Balaban J connectivity index is 2.40. The molecule has 7 heteroatoms. The molecule has 1 atom stereocenters. The Hall–Kier alpha value is -1.05. The molecular formula is C9H14O6S. The second-order valence-electron chi connectivity index (χ2n) is 3.20. The number of hydrogen-bond donors (Lipinski definition) is 1. The SMILES string of the molecule is COC(CCCS(=O)(=O)O)C1=COC=CO1. The number of ether oxygens (including phenoxy) is 3. The molecule has 0 amide bonds. The van der Waals surface area contributed by atoms with Crippen LogP contribution in [0.25, 0.3) is 0 Å². The molecule has 0 aromatic rings. The molecule has 0 bridgehead atoms. The highest BCUT2D eigenvalue weighted by molar-refractivity contribution is 7.85. The lowest BCUT2D eigenvalue weighted by Crippen LogP contribution is -2.18. The first-order chi connectivity index (χ1) is 7.53. The zero-order valence-corrected chi connectivity index (χ0v) is 9.64. The zero-order valence-electron chi connectivity index (χ0n) is 8.83. The van der Waals surface area contributed by atoms with Gasteiger partial charge in [-0.25, -0.2) is 0 Å². The van der Waals surface area contributed by atoms with E-state index in [0.717, 1.165) is 0 Å². The van der Waals surface area contributed by atoms with Crippen molar-refractivity contribution in [1.82, 2.24) is 0 Å². The van der Waals surface area contributed by atoms with Crippen LogP contribution in [0.15, 0.2) is 24.5 Å². The standard InChI is InChI=1S/C9H14O6S/c1-13-8(3-2-6-16(10,11)12)9-7-14-4-5-15-9/h4-5,7-8H,2-3,6H2,1H3,(H,10,11,12). The summed E-state index contributed by atoms with van der Waals surface area (Å²) in [5.74, 6) is 0.178. The van der Waals surface area contributed by atoms with Crippen molar-refractivity contribution in [2.75, 3.05) is 12.9 Å². The van der Waals surface area contributed by atoms with Crippen LogP contribution in [0.3, 0.4) is 0 Å². The van der Waals surface area contributed by atoms with Gasteiger partial charge in [-0.05, 0) is 12.8 Å². The lowest BCUT2D eigenvalue weighted by atomic mass is 10.2. The molecular weight excluding hydrogens is 236 g/mol. The zero-order chi connectivity index (χ0) is 12.0. The molecule has 1 aliphatic rings. The summed E-state index contributed by atoms with van der Waals surface area (Å²) in [6.07, 6.45) is 4.44. The number of rotatable bonds is 6. The first kappa shape index (κ1) is 13.0. The predicted molar refractivity (Wildman–Crippen MR) is 55.8 cm³/mol. The van der Waals surface area contributed by atoms with Crippen molar-refractivity contribution in [3.8, 4) is 0 Å². The van der Waals surface area contributed by atoms with Crippen molar-refractivity contribution in [3.05, 3.63) is 24.5 Å². The van der Waals surface area contributed by atoms with E-state index in [0.29, 0.717) is 12.2 Å². The Morgan fingerprint density at radius 1 is 1.50 bits per heavy atom. The van der Waals surface area contributed by atoms with Gasteiger partial charge in [0.15, 0.2) is 5.76 Å². The van der Waals surface area contributed by atoms with Crippen LogP contribution in [0.4, 0.5) is 0 Å². The van der Waals surface area contributed by atoms with Crippen LogP contribution in [0.1, 0.15) is 12.8 Å². The summed E-state index contributed by atoms with van der Waals surface area (Å²) in [7, 11) is -2.43. The number of hydrogen-bond acceptors (Lipinski definition) is 5. The van der Waals surface area contributed by atoms with Crippen LogP contribution < -0.4 is 0 Å². The van der Waals surface area contributed by atoms with Crippen LogP contribution in [0, 0.1) is 0 Å². The molecule has 1 aliphatic heterocycles. The van der Waals surface area contributed by atoms with E-state index in [1.807, 2.05) is 0 Å². The second kappa shape index (κ2) is 5.88. The van der Waals surface area contributed by atoms with Crippen LogP contribution in [-0.2, 0) is 24.3 Å². The van der Waals surface area contributed by atoms with Crippen molar-refractivity contribution in [2.45, 2.75) is 18.9 Å². The van der Waals surface area contributed by atoms with Crippen LogP contribution in [0.5, 0.6) is 0 Å². The van der Waals surface area contributed by atoms with Gasteiger partial charge in [0.1, 0.15) is 24.9 Å². The fourth-order valence-electron chi connectivity index (χ4n) is 1.25. The van der Waals surface area contributed by atoms with Crippen LogP contribution >= 0.6 is 0 Å². The van der Waals surface area contributed by atoms with Gasteiger partial charge in [-0.15, -0.1) is 0 Å². The van der Waals surface area contributed by atoms with E-state index in [4.69, 9.17) is 18.8 Å². The van der Waals surface area contributed by atoms with Crippen molar-refractivity contribution in [1.29, 1.82) is 0 Å². The first-order valence-electron chi connectivity index (χ1n) is 4.68. The lowest BCUT2D eigenvalue weighted by molar-refractivity contribution is 0.0700. The molecule has 1 N–H and O–H groups in total. The van der Waals surface area contributed by atoms with Gasteiger partial charge in [-0.2, -0.15) is 8.42 Å². The third-order valence-corrected chi connectivity index (χ3v) is 2.80. The Morgan fingerprint density at radius 3 is 2.75 bits per heavy atom. The largest absolute Gasteiger partial charge is 0.466 e. The van der Waals surface area contributed by atoms with E-state index < -0.39 is 10.1 Å². The summed E-state index contributed by atoms with van der Waals surface area (Å²) >= 11 is 0. The maximum atomic E-state index is 10.5. The maximum absolute atomic E-state index is 10.5. The van der Waals surface area contributed by atoms with Crippen LogP contribution in [0.2, 0.25) is 0 Å². The van der Waals surface area contributed by atoms with E-state index in [9.17, 15) is 8.42 Å². The normalized spacial score (nSPS) is 17.2. The summed E-state index contributed by atoms with van der Waals surface area (Å²) in [5.41, 5.74) is 0. The molecule has 0 saturated heterocycles. The second-order valence-corrected chi connectivity index (χ2v) is 4.77. The summed E-state index contributed by atoms with van der Waals surface area (Å²) < 4.78 is 44.7. The minimum atomic E-state index is -3.92. The first-order valence-corrected chi connectivity index (χ1v) is 6.29. The third kappa shape index (κ3) is 4.65. The van der Waals surface area contributed by atoms with Gasteiger partial charge >= 0.3 is 0 Å². The van der Waals surface area contributed by atoms with E-state index in [-0.39, 0.29) is 18.3 Å². The van der Waals surface area contributed by atoms with E-state index >= 15 is 0 Å². The van der Waals surface area contributed by atoms with Gasteiger partial charge < -0.3 is 14.2 Å². The maximum Gasteiger partial charge on any atom is 0.264 e. The molecule has 0 aromatic carbocycles. The summed E-state index contributed by atoms with van der Waals surface area (Å²) in [4.78, 5) is 0. The minimum absolute atomic E-state index is 0.280. The van der Waals surface area contributed by atoms with E-state index in [1.165, 1.54) is 25.9 Å². The molecule has 0 radical (unpaired) electrons. The van der Waals surface area contributed by atoms with Gasteiger partial charge in [-0.3, -0.25) is 4.55 Å². The van der Waals surface area contributed by atoms with Gasteiger partial charge in [0.05, 0.1) is 5.75 Å². The molecule has 0 fully saturated rings. The van der Waals surface area contributed by atoms with Crippen LogP contribution in [-0.4, -0.2) is 31.9 Å². The molecule has 0 aromatic heterocycles. The summed E-state index contributed by atoms with van der Waals surface area (Å²) in [5, 5.41) is 0. The molecule has 0 aliphatic carbocycles. The quantitative estimate of drug-likeness (QED) is 0.709. The molecule has 92 valence electrons. The Bertz CT molecular complexity index is 369.